The second kappa shape index (κ2) is 13.7. The molecule has 43 heavy (non-hydrogen) atoms. The third-order valence-electron chi connectivity index (χ3n) is 5.84. The van der Waals surface area contributed by atoms with E-state index < -0.39 is 69.7 Å². The molecule has 0 fully saturated rings. The van der Waals surface area contributed by atoms with Crippen LogP contribution < -0.4 is 0 Å². The molecule has 0 heterocycles. The van der Waals surface area contributed by atoms with Crippen LogP contribution in [-0.4, -0.2) is 108 Å². The van der Waals surface area contributed by atoms with Crippen molar-refractivity contribution in [2.75, 3.05) is 39.5 Å². The summed E-state index contributed by atoms with van der Waals surface area (Å²) >= 11 is 0. The molecular formula is C27H27NO15. The lowest BCUT2D eigenvalue weighted by atomic mass is 10.2. The highest BCUT2D eigenvalue weighted by Crippen LogP contribution is 2.37. The van der Waals surface area contributed by atoms with Gasteiger partial charge in [-0.1, -0.05) is 0 Å². The number of hydrogen-bond donors (Lipinski definition) is 9. The van der Waals surface area contributed by atoms with Crippen LogP contribution in [0.3, 0.4) is 0 Å². The molecule has 3 rings (SSSR count). The van der Waals surface area contributed by atoms with E-state index in [-0.39, 0.29) is 56.1 Å². The van der Waals surface area contributed by atoms with Gasteiger partial charge in [0.15, 0.2) is 51.7 Å². The number of rotatable bonds is 12. The first kappa shape index (κ1) is 31.8. The van der Waals surface area contributed by atoms with Crippen LogP contribution in [0.1, 0.15) is 31.1 Å². The number of carbonyl (C=O) groups excluding carboxylic acids is 3. The topological polar surface area (TPSA) is 264 Å². The molecule has 9 N–H and O–H groups in total. The molecule has 230 valence electrons. The lowest BCUT2D eigenvalue weighted by molar-refractivity contribution is 0.0330. The van der Waals surface area contributed by atoms with Crippen molar-refractivity contribution in [3.8, 4) is 51.7 Å². The fourth-order valence-electron chi connectivity index (χ4n) is 3.55. The van der Waals surface area contributed by atoms with Crippen LogP contribution in [-0.2, 0) is 14.2 Å². The Balaban J connectivity index is 1.60. The highest BCUT2D eigenvalue weighted by Gasteiger charge is 2.19. The minimum Gasteiger partial charge on any atom is -0.504 e. The fraction of sp³-hybridized carbons (Fsp3) is 0.222. The van der Waals surface area contributed by atoms with Crippen molar-refractivity contribution < 1.29 is 74.6 Å². The maximum Gasteiger partial charge on any atom is 0.338 e. The Labute approximate surface area is 242 Å². The number of nitrogens with zero attached hydrogens (tertiary/aromatic N) is 1. The van der Waals surface area contributed by atoms with E-state index in [1.807, 2.05) is 0 Å². The van der Waals surface area contributed by atoms with Crippen LogP contribution in [0.4, 0.5) is 0 Å². The lowest BCUT2D eigenvalue weighted by Crippen LogP contribution is -2.35. The van der Waals surface area contributed by atoms with Crippen molar-refractivity contribution >= 4 is 17.9 Å². The molecule has 0 amide bonds. The zero-order valence-corrected chi connectivity index (χ0v) is 22.1. The molecular weight excluding hydrogens is 578 g/mol. The maximum atomic E-state index is 12.3. The molecule has 0 spiro atoms. The van der Waals surface area contributed by atoms with Gasteiger partial charge in [-0.05, 0) is 36.4 Å². The number of aromatic hydroxyl groups is 9. The van der Waals surface area contributed by atoms with Crippen LogP contribution in [0.2, 0.25) is 0 Å². The largest absolute Gasteiger partial charge is 0.504 e. The third kappa shape index (κ3) is 8.14. The van der Waals surface area contributed by atoms with Gasteiger partial charge in [0.05, 0.1) is 16.7 Å². The molecule has 0 aromatic heterocycles. The molecule has 0 saturated carbocycles. The van der Waals surface area contributed by atoms with Gasteiger partial charge in [0.2, 0.25) is 0 Å². The lowest BCUT2D eigenvalue weighted by Gasteiger charge is -2.22. The highest BCUT2D eigenvalue weighted by atomic mass is 16.5. The van der Waals surface area contributed by atoms with Crippen LogP contribution >= 0.6 is 0 Å². The summed E-state index contributed by atoms with van der Waals surface area (Å²) in [6.45, 7) is -0.872. The van der Waals surface area contributed by atoms with E-state index in [4.69, 9.17) is 14.2 Å². The first-order valence-electron chi connectivity index (χ1n) is 12.3. The first-order valence-corrected chi connectivity index (χ1v) is 12.3. The van der Waals surface area contributed by atoms with Gasteiger partial charge < -0.3 is 60.2 Å². The predicted octanol–water partition coefficient (Wildman–Crippen LogP) is 1.21. The van der Waals surface area contributed by atoms with Crippen molar-refractivity contribution in [2.45, 2.75) is 0 Å². The summed E-state index contributed by atoms with van der Waals surface area (Å²) in [6, 6.07) is 5.29. The van der Waals surface area contributed by atoms with Crippen LogP contribution in [0.5, 0.6) is 51.7 Å². The van der Waals surface area contributed by atoms with Gasteiger partial charge in [0.1, 0.15) is 19.8 Å². The number of hydrogen-bond acceptors (Lipinski definition) is 16. The minimum absolute atomic E-state index is 0.0154. The summed E-state index contributed by atoms with van der Waals surface area (Å²) in [7, 11) is 0. The molecule has 0 radical (unpaired) electrons. The molecule has 0 atom stereocenters. The van der Waals surface area contributed by atoms with Gasteiger partial charge in [0, 0.05) is 19.6 Å². The standard InChI is InChI=1S/C27H27NO15/c29-16-7-13(8-17(30)22(16)35)25(38)41-4-1-28(2-5-42-26(39)14-9-18(31)23(36)19(32)10-14)3-6-43-27(40)15-11-20(33)24(37)21(34)12-15/h7-12,29-37H,1-6H2. The van der Waals surface area contributed by atoms with Crippen molar-refractivity contribution in [2.24, 2.45) is 0 Å². The molecule has 16 nitrogen and oxygen atoms in total. The minimum atomic E-state index is -0.956. The molecule has 0 saturated heterocycles. The number of ether oxygens (including phenoxy) is 3. The van der Waals surface area contributed by atoms with E-state index in [0.717, 1.165) is 36.4 Å². The SMILES string of the molecule is O=C(OCCN(CCOC(=O)c1cc(O)c(O)c(O)c1)CCOC(=O)c1cc(O)c(O)c(O)c1)c1cc(O)c(O)c(O)c1. The Morgan fingerprint density at radius 1 is 0.442 bits per heavy atom. The summed E-state index contributed by atoms with van der Waals surface area (Å²) in [6.07, 6.45) is 0. The number of esters is 3. The van der Waals surface area contributed by atoms with Crippen LogP contribution in [0.15, 0.2) is 36.4 Å². The van der Waals surface area contributed by atoms with Gasteiger partial charge in [-0.3, -0.25) is 4.90 Å². The normalized spacial score (nSPS) is 10.8. The molecule has 3 aromatic carbocycles. The van der Waals surface area contributed by atoms with E-state index in [2.05, 4.69) is 0 Å². The van der Waals surface area contributed by atoms with E-state index in [1.54, 1.807) is 0 Å². The summed E-state index contributed by atoms with van der Waals surface area (Å²) < 4.78 is 15.4. The zero-order valence-electron chi connectivity index (χ0n) is 22.1. The van der Waals surface area contributed by atoms with Gasteiger partial charge in [-0.15, -0.1) is 0 Å². The van der Waals surface area contributed by atoms with Crippen molar-refractivity contribution in [3.05, 3.63) is 53.1 Å². The number of benzene rings is 3. The molecule has 0 aliphatic rings. The number of phenolic OH excluding ortho intramolecular Hbond substituents is 9. The third-order valence-corrected chi connectivity index (χ3v) is 5.84. The van der Waals surface area contributed by atoms with E-state index in [0.29, 0.717) is 0 Å². The molecule has 0 bridgehead atoms. The summed E-state index contributed by atoms with van der Waals surface area (Å²) in [5.74, 6) is -9.81. The zero-order chi connectivity index (χ0) is 31.8. The molecule has 0 unspecified atom stereocenters. The van der Waals surface area contributed by atoms with Gasteiger partial charge >= 0.3 is 17.9 Å². The highest BCUT2D eigenvalue weighted by molar-refractivity contribution is 5.92. The van der Waals surface area contributed by atoms with Crippen molar-refractivity contribution in [1.82, 2.24) is 4.90 Å². The Kier molecular flexibility index (Phi) is 10.1. The summed E-state index contributed by atoms with van der Waals surface area (Å²) in [5.41, 5.74) is -0.783. The van der Waals surface area contributed by atoms with Gasteiger partial charge in [0.25, 0.3) is 0 Å². The first-order chi connectivity index (χ1) is 20.3. The molecule has 0 aliphatic carbocycles. The second-order valence-electron chi connectivity index (χ2n) is 8.84. The Morgan fingerprint density at radius 3 is 0.860 bits per heavy atom. The fourth-order valence-corrected chi connectivity index (χ4v) is 3.55. The smallest absolute Gasteiger partial charge is 0.338 e. The maximum absolute atomic E-state index is 12.3. The van der Waals surface area contributed by atoms with Crippen molar-refractivity contribution in [3.63, 3.8) is 0 Å². The monoisotopic (exact) mass is 605 g/mol. The van der Waals surface area contributed by atoms with E-state index in [9.17, 15) is 60.3 Å². The predicted molar refractivity (Wildman–Crippen MR) is 142 cm³/mol. The number of carbonyl (C=O) groups is 3. The Morgan fingerprint density at radius 2 is 0.651 bits per heavy atom. The van der Waals surface area contributed by atoms with Crippen LogP contribution in [0.25, 0.3) is 0 Å². The average Bonchev–Trinajstić information content (AvgIpc) is 2.95. The molecule has 0 aliphatic heterocycles. The number of phenols is 9. The second-order valence-corrected chi connectivity index (χ2v) is 8.84. The van der Waals surface area contributed by atoms with Gasteiger partial charge in [-0.2, -0.15) is 0 Å². The Hall–Kier alpha value is -5.77. The van der Waals surface area contributed by atoms with E-state index >= 15 is 0 Å². The van der Waals surface area contributed by atoms with Crippen LogP contribution in [0, 0.1) is 0 Å². The summed E-state index contributed by atoms with van der Waals surface area (Å²) in [5, 5.41) is 85.8. The molecule has 16 heteroatoms. The molecule has 3 aromatic rings. The van der Waals surface area contributed by atoms with Gasteiger partial charge in [-0.25, -0.2) is 14.4 Å². The summed E-state index contributed by atoms with van der Waals surface area (Å²) in [4.78, 5) is 38.5. The average molecular weight is 606 g/mol. The Bertz CT molecular complexity index is 1270. The van der Waals surface area contributed by atoms with E-state index in [1.165, 1.54) is 4.90 Å². The van der Waals surface area contributed by atoms with Crippen molar-refractivity contribution in [1.29, 1.82) is 0 Å². The quantitative estimate of drug-likeness (QED) is 0.0797.